The molecule has 3 heteroatoms. The van der Waals surface area contributed by atoms with Gasteiger partial charge < -0.3 is 10.1 Å². The Kier molecular flexibility index (Phi) is 4.99. The largest absolute Gasteiger partial charge is 0.484 e. The molecule has 2 aromatic rings. The van der Waals surface area contributed by atoms with Crippen molar-refractivity contribution in [2.45, 2.75) is 27.2 Å². The third kappa shape index (κ3) is 4.35. The molecule has 110 valence electrons. The van der Waals surface area contributed by atoms with Crippen LogP contribution < -0.4 is 10.1 Å². The third-order valence-corrected chi connectivity index (χ3v) is 3.49. The number of hydrogen-bond acceptors (Lipinski definition) is 2. The molecule has 0 atom stereocenters. The standard InChI is InChI=1S/C18H21NO2/c1-4-15-6-9-17(10-7-15)21-12-18(20)19-16-8-5-13(2)14(3)11-16/h5-11H,4,12H2,1-3H3,(H,19,20). The molecule has 0 aliphatic heterocycles. The fourth-order valence-corrected chi connectivity index (χ4v) is 1.99. The summed E-state index contributed by atoms with van der Waals surface area (Å²) in [6, 6.07) is 13.7. The van der Waals surface area contributed by atoms with E-state index < -0.39 is 0 Å². The summed E-state index contributed by atoms with van der Waals surface area (Å²) in [5, 5.41) is 2.84. The molecule has 0 saturated carbocycles. The zero-order valence-corrected chi connectivity index (χ0v) is 12.8. The van der Waals surface area contributed by atoms with Crippen molar-refractivity contribution < 1.29 is 9.53 Å². The Morgan fingerprint density at radius 1 is 1.05 bits per heavy atom. The first-order chi connectivity index (χ1) is 10.1. The van der Waals surface area contributed by atoms with Gasteiger partial charge in [0, 0.05) is 5.69 Å². The van der Waals surface area contributed by atoms with Gasteiger partial charge in [-0.05, 0) is 61.2 Å². The summed E-state index contributed by atoms with van der Waals surface area (Å²) >= 11 is 0. The van der Waals surface area contributed by atoms with Crippen LogP contribution in [0.3, 0.4) is 0 Å². The van der Waals surface area contributed by atoms with E-state index in [9.17, 15) is 4.79 Å². The summed E-state index contributed by atoms with van der Waals surface area (Å²) in [4.78, 5) is 11.9. The first kappa shape index (κ1) is 15.1. The lowest BCUT2D eigenvalue weighted by molar-refractivity contribution is -0.118. The Labute approximate surface area is 126 Å². The van der Waals surface area contributed by atoms with Gasteiger partial charge in [0.1, 0.15) is 5.75 Å². The van der Waals surface area contributed by atoms with E-state index in [2.05, 4.69) is 12.2 Å². The number of carbonyl (C=O) groups is 1. The van der Waals surface area contributed by atoms with Crippen molar-refractivity contribution >= 4 is 11.6 Å². The van der Waals surface area contributed by atoms with Crippen molar-refractivity contribution in [2.24, 2.45) is 0 Å². The van der Waals surface area contributed by atoms with Crippen molar-refractivity contribution in [3.63, 3.8) is 0 Å². The highest BCUT2D eigenvalue weighted by atomic mass is 16.5. The molecule has 0 bridgehead atoms. The molecule has 3 nitrogen and oxygen atoms in total. The summed E-state index contributed by atoms with van der Waals surface area (Å²) in [5.41, 5.74) is 4.42. The van der Waals surface area contributed by atoms with Crippen LogP contribution in [0.5, 0.6) is 5.75 Å². The normalized spacial score (nSPS) is 10.2. The topological polar surface area (TPSA) is 38.3 Å². The highest BCUT2D eigenvalue weighted by molar-refractivity contribution is 5.92. The van der Waals surface area contributed by atoms with Gasteiger partial charge in [-0.3, -0.25) is 4.79 Å². The van der Waals surface area contributed by atoms with Gasteiger partial charge in [-0.1, -0.05) is 25.1 Å². The van der Waals surface area contributed by atoms with E-state index in [4.69, 9.17) is 4.74 Å². The summed E-state index contributed by atoms with van der Waals surface area (Å²) in [6.07, 6.45) is 0.994. The SMILES string of the molecule is CCc1ccc(OCC(=O)Nc2ccc(C)c(C)c2)cc1. The Morgan fingerprint density at radius 3 is 2.38 bits per heavy atom. The molecule has 0 aliphatic rings. The summed E-state index contributed by atoms with van der Waals surface area (Å²) in [5.74, 6) is 0.556. The van der Waals surface area contributed by atoms with Gasteiger partial charge in [-0.25, -0.2) is 0 Å². The Morgan fingerprint density at radius 2 is 1.76 bits per heavy atom. The van der Waals surface area contributed by atoms with Gasteiger partial charge in [0.25, 0.3) is 5.91 Å². The van der Waals surface area contributed by atoms with Crippen LogP contribution >= 0.6 is 0 Å². The number of amides is 1. The number of benzene rings is 2. The molecular formula is C18H21NO2. The minimum Gasteiger partial charge on any atom is -0.484 e. The zero-order valence-electron chi connectivity index (χ0n) is 12.8. The maximum Gasteiger partial charge on any atom is 0.262 e. The van der Waals surface area contributed by atoms with Crippen LogP contribution in [0, 0.1) is 13.8 Å². The van der Waals surface area contributed by atoms with Crippen LogP contribution in [0.4, 0.5) is 5.69 Å². The molecule has 0 unspecified atom stereocenters. The van der Waals surface area contributed by atoms with E-state index in [-0.39, 0.29) is 12.5 Å². The van der Waals surface area contributed by atoms with E-state index in [1.165, 1.54) is 11.1 Å². The number of nitrogens with one attached hydrogen (secondary N) is 1. The Balaban J connectivity index is 1.87. The van der Waals surface area contributed by atoms with Crippen molar-refractivity contribution in [3.05, 3.63) is 59.2 Å². The minimum absolute atomic E-state index is 0.0123. The van der Waals surface area contributed by atoms with Crippen molar-refractivity contribution in [1.29, 1.82) is 0 Å². The van der Waals surface area contributed by atoms with E-state index in [0.29, 0.717) is 5.75 Å². The van der Waals surface area contributed by atoms with Gasteiger partial charge >= 0.3 is 0 Å². The molecule has 0 aromatic heterocycles. The van der Waals surface area contributed by atoms with Crippen LogP contribution in [0.1, 0.15) is 23.6 Å². The fourth-order valence-electron chi connectivity index (χ4n) is 1.99. The predicted octanol–water partition coefficient (Wildman–Crippen LogP) is 3.88. The van der Waals surface area contributed by atoms with Gasteiger partial charge in [0.2, 0.25) is 0 Å². The molecule has 0 heterocycles. The molecule has 1 amide bonds. The molecule has 0 saturated heterocycles. The van der Waals surface area contributed by atoms with Gasteiger partial charge in [-0.2, -0.15) is 0 Å². The molecule has 21 heavy (non-hydrogen) atoms. The highest BCUT2D eigenvalue weighted by Crippen LogP contribution is 2.15. The van der Waals surface area contributed by atoms with Crippen molar-refractivity contribution in [3.8, 4) is 5.75 Å². The van der Waals surface area contributed by atoms with E-state index in [1.807, 2.05) is 56.3 Å². The first-order valence-corrected chi connectivity index (χ1v) is 7.17. The average Bonchev–Trinajstić information content (AvgIpc) is 2.49. The maximum absolute atomic E-state index is 11.9. The third-order valence-electron chi connectivity index (χ3n) is 3.49. The lowest BCUT2D eigenvalue weighted by Gasteiger charge is -2.09. The quantitative estimate of drug-likeness (QED) is 0.904. The number of rotatable bonds is 5. The monoisotopic (exact) mass is 283 g/mol. The Bertz CT molecular complexity index is 618. The van der Waals surface area contributed by atoms with Crippen molar-refractivity contribution in [2.75, 3.05) is 11.9 Å². The number of ether oxygens (including phenoxy) is 1. The zero-order chi connectivity index (χ0) is 15.2. The maximum atomic E-state index is 11.9. The number of hydrogen-bond donors (Lipinski definition) is 1. The lowest BCUT2D eigenvalue weighted by Crippen LogP contribution is -2.20. The molecule has 1 N–H and O–H groups in total. The molecular weight excluding hydrogens is 262 g/mol. The van der Waals surface area contributed by atoms with Gasteiger partial charge in [-0.15, -0.1) is 0 Å². The van der Waals surface area contributed by atoms with Crippen LogP contribution in [0.15, 0.2) is 42.5 Å². The van der Waals surface area contributed by atoms with E-state index >= 15 is 0 Å². The second-order valence-electron chi connectivity index (χ2n) is 5.13. The minimum atomic E-state index is -0.155. The number of carbonyl (C=O) groups excluding carboxylic acids is 1. The van der Waals surface area contributed by atoms with Crippen LogP contribution in [0.25, 0.3) is 0 Å². The van der Waals surface area contributed by atoms with E-state index in [1.54, 1.807) is 0 Å². The van der Waals surface area contributed by atoms with E-state index in [0.717, 1.165) is 17.7 Å². The predicted molar refractivity (Wildman–Crippen MR) is 85.9 cm³/mol. The molecule has 0 fully saturated rings. The fraction of sp³-hybridized carbons (Fsp3) is 0.278. The van der Waals surface area contributed by atoms with Crippen LogP contribution in [-0.2, 0) is 11.2 Å². The molecule has 2 aromatic carbocycles. The summed E-state index contributed by atoms with van der Waals surface area (Å²) in [7, 11) is 0. The molecule has 2 rings (SSSR count). The average molecular weight is 283 g/mol. The molecule has 0 spiro atoms. The second kappa shape index (κ2) is 6.93. The number of aryl methyl sites for hydroxylation is 3. The van der Waals surface area contributed by atoms with Crippen LogP contribution in [-0.4, -0.2) is 12.5 Å². The summed E-state index contributed by atoms with van der Waals surface area (Å²) in [6.45, 7) is 6.19. The number of anilines is 1. The highest BCUT2D eigenvalue weighted by Gasteiger charge is 2.04. The molecule has 0 aliphatic carbocycles. The Hall–Kier alpha value is -2.29. The summed E-state index contributed by atoms with van der Waals surface area (Å²) < 4.78 is 5.48. The first-order valence-electron chi connectivity index (χ1n) is 7.17. The second-order valence-corrected chi connectivity index (χ2v) is 5.13. The lowest BCUT2D eigenvalue weighted by atomic mass is 10.1. The van der Waals surface area contributed by atoms with Gasteiger partial charge in [0.05, 0.1) is 0 Å². The van der Waals surface area contributed by atoms with Crippen molar-refractivity contribution in [1.82, 2.24) is 0 Å². The van der Waals surface area contributed by atoms with Crippen LogP contribution in [0.2, 0.25) is 0 Å². The molecule has 0 radical (unpaired) electrons. The smallest absolute Gasteiger partial charge is 0.262 e. The van der Waals surface area contributed by atoms with Gasteiger partial charge in [0.15, 0.2) is 6.61 Å².